The fourth-order valence-electron chi connectivity index (χ4n) is 0.882. The highest BCUT2D eigenvalue weighted by molar-refractivity contribution is 5.18. The Bertz CT molecular complexity index is 215. The number of aryl methyl sites for hydroxylation is 1. The van der Waals surface area contributed by atoms with Crippen molar-refractivity contribution in [2.24, 2.45) is 0 Å². The Morgan fingerprint density at radius 3 is 2.64 bits per heavy atom. The third-order valence-corrected chi connectivity index (χ3v) is 1.66. The minimum atomic E-state index is 0.532. The molecule has 0 atom stereocenters. The summed E-state index contributed by atoms with van der Waals surface area (Å²) in [4.78, 5) is 0. The van der Waals surface area contributed by atoms with Crippen LogP contribution < -0.4 is 5.32 Å². The van der Waals surface area contributed by atoms with E-state index in [0.717, 1.165) is 6.54 Å². The zero-order valence-electron chi connectivity index (χ0n) is 7.35. The lowest BCUT2D eigenvalue weighted by Crippen LogP contribution is -2.21. The lowest BCUT2D eigenvalue weighted by molar-refractivity contribution is 0.551. The Morgan fingerprint density at radius 2 is 2.18 bits per heavy atom. The van der Waals surface area contributed by atoms with Gasteiger partial charge in [-0.25, -0.2) is 0 Å². The second-order valence-corrected chi connectivity index (χ2v) is 3.12. The molecule has 0 saturated carbocycles. The van der Waals surface area contributed by atoms with Crippen LogP contribution in [-0.2, 0) is 6.54 Å². The van der Waals surface area contributed by atoms with Crippen molar-refractivity contribution >= 4 is 0 Å². The van der Waals surface area contributed by atoms with Crippen LogP contribution in [-0.4, -0.2) is 6.04 Å². The number of hydrogen-bond acceptors (Lipinski definition) is 2. The summed E-state index contributed by atoms with van der Waals surface area (Å²) in [5.41, 5.74) is 2.47. The van der Waals surface area contributed by atoms with E-state index in [9.17, 15) is 0 Å². The molecule has 1 heterocycles. The van der Waals surface area contributed by atoms with Crippen molar-refractivity contribution in [3.05, 3.63) is 23.7 Å². The average Bonchev–Trinajstić information content (AvgIpc) is 2.31. The molecule has 0 radical (unpaired) electrons. The van der Waals surface area contributed by atoms with E-state index in [2.05, 4.69) is 26.1 Å². The van der Waals surface area contributed by atoms with Crippen LogP contribution >= 0.6 is 0 Å². The van der Waals surface area contributed by atoms with Gasteiger partial charge in [-0.05, 0) is 12.5 Å². The van der Waals surface area contributed by atoms with Gasteiger partial charge in [-0.15, -0.1) is 0 Å². The van der Waals surface area contributed by atoms with E-state index in [1.807, 2.05) is 0 Å². The quantitative estimate of drug-likeness (QED) is 0.719. The molecule has 0 aliphatic rings. The van der Waals surface area contributed by atoms with Crippen LogP contribution in [0.4, 0.5) is 0 Å². The molecule has 1 rings (SSSR count). The van der Waals surface area contributed by atoms with Gasteiger partial charge in [-0.3, -0.25) is 0 Å². The molecule has 0 aromatic carbocycles. The molecule has 0 saturated heterocycles. The van der Waals surface area contributed by atoms with E-state index in [1.54, 1.807) is 12.5 Å². The maximum Gasteiger partial charge on any atom is 0.0950 e. The minimum absolute atomic E-state index is 0.532. The molecule has 0 aliphatic heterocycles. The van der Waals surface area contributed by atoms with Crippen LogP contribution in [0.2, 0.25) is 0 Å². The van der Waals surface area contributed by atoms with E-state index >= 15 is 0 Å². The first-order valence-electron chi connectivity index (χ1n) is 3.95. The Morgan fingerprint density at radius 1 is 1.45 bits per heavy atom. The first-order valence-corrected chi connectivity index (χ1v) is 3.95. The molecule has 0 amide bonds. The van der Waals surface area contributed by atoms with Gasteiger partial charge in [0.05, 0.1) is 12.5 Å². The number of nitrogens with one attached hydrogen (secondary N) is 1. The molecule has 62 valence electrons. The van der Waals surface area contributed by atoms with Gasteiger partial charge in [-0.2, -0.15) is 0 Å². The van der Waals surface area contributed by atoms with Crippen molar-refractivity contribution in [3.63, 3.8) is 0 Å². The van der Waals surface area contributed by atoms with Gasteiger partial charge >= 0.3 is 0 Å². The van der Waals surface area contributed by atoms with Crippen LogP contribution in [0.25, 0.3) is 0 Å². The predicted octanol–water partition coefficient (Wildman–Crippen LogP) is 2.09. The van der Waals surface area contributed by atoms with Crippen LogP contribution in [0.1, 0.15) is 25.0 Å². The largest absolute Gasteiger partial charge is 0.472 e. The van der Waals surface area contributed by atoms with Crippen LogP contribution in [0.3, 0.4) is 0 Å². The van der Waals surface area contributed by atoms with Gasteiger partial charge in [-0.1, -0.05) is 13.8 Å². The van der Waals surface area contributed by atoms with E-state index < -0.39 is 0 Å². The van der Waals surface area contributed by atoms with Gasteiger partial charge < -0.3 is 9.73 Å². The summed E-state index contributed by atoms with van der Waals surface area (Å²) in [5, 5.41) is 3.33. The van der Waals surface area contributed by atoms with E-state index in [-0.39, 0.29) is 0 Å². The Hall–Kier alpha value is -0.760. The summed E-state index contributed by atoms with van der Waals surface area (Å²) in [5.74, 6) is 0. The maximum atomic E-state index is 5.04. The summed E-state index contributed by atoms with van der Waals surface area (Å²) in [6, 6.07) is 0.532. The molecular formula is C9H15NO. The number of furan rings is 1. The standard InChI is InChI=1S/C9H15NO/c1-7(2)10-4-9-6-11-5-8(9)3/h5-7,10H,4H2,1-3H3. The van der Waals surface area contributed by atoms with Crippen molar-refractivity contribution in [2.45, 2.75) is 33.4 Å². The molecule has 1 N–H and O–H groups in total. The van der Waals surface area contributed by atoms with Gasteiger partial charge in [0.15, 0.2) is 0 Å². The van der Waals surface area contributed by atoms with Crippen LogP contribution in [0.15, 0.2) is 16.9 Å². The lowest BCUT2D eigenvalue weighted by atomic mass is 10.2. The average molecular weight is 153 g/mol. The first kappa shape index (κ1) is 8.34. The van der Waals surface area contributed by atoms with Crippen LogP contribution in [0.5, 0.6) is 0 Å². The van der Waals surface area contributed by atoms with E-state index in [0.29, 0.717) is 6.04 Å². The highest BCUT2D eigenvalue weighted by Crippen LogP contribution is 2.07. The van der Waals surface area contributed by atoms with Crippen molar-refractivity contribution in [1.29, 1.82) is 0 Å². The molecule has 2 nitrogen and oxygen atoms in total. The normalized spacial score (nSPS) is 10.9. The zero-order valence-corrected chi connectivity index (χ0v) is 7.35. The second kappa shape index (κ2) is 3.58. The molecule has 0 unspecified atom stereocenters. The second-order valence-electron chi connectivity index (χ2n) is 3.12. The third kappa shape index (κ3) is 2.39. The third-order valence-electron chi connectivity index (χ3n) is 1.66. The molecule has 0 bridgehead atoms. The highest BCUT2D eigenvalue weighted by Gasteiger charge is 2.00. The fraction of sp³-hybridized carbons (Fsp3) is 0.556. The Kier molecular flexibility index (Phi) is 2.71. The summed E-state index contributed by atoms with van der Waals surface area (Å²) >= 11 is 0. The highest BCUT2D eigenvalue weighted by atomic mass is 16.3. The van der Waals surface area contributed by atoms with Gasteiger partial charge in [0.25, 0.3) is 0 Å². The van der Waals surface area contributed by atoms with Crippen molar-refractivity contribution < 1.29 is 4.42 Å². The fourth-order valence-corrected chi connectivity index (χ4v) is 0.882. The molecule has 2 heteroatoms. The Balaban J connectivity index is 2.44. The van der Waals surface area contributed by atoms with Crippen molar-refractivity contribution in [3.8, 4) is 0 Å². The van der Waals surface area contributed by atoms with Crippen LogP contribution in [0, 0.1) is 6.92 Å². The van der Waals surface area contributed by atoms with Gasteiger partial charge in [0.2, 0.25) is 0 Å². The summed E-state index contributed by atoms with van der Waals surface area (Å²) in [6.45, 7) is 7.23. The van der Waals surface area contributed by atoms with E-state index in [1.165, 1.54) is 11.1 Å². The molecule has 0 fully saturated rings. The van der Waals surface area contributed by atoms with Gasteiger partial charge in [0, 0.05) is 18.2 Å². The summed E-state index contributed by atoms with van der Waals surface area (Å²) < 4.78 is 5.04. The molecule has 0 aliphatic carbocycles. The topological polar surface area (TPSA) is 25.2 Å². The SMILES string of the molecule is Cc1cocc1CNC(C)C. The zero-order chi connectivity index (χ0) is 8.27. The monoisotopic (exact) mass is 153 g/mol. The van der Waals surface area contributed by atoms with Crippen molar-refractivity contribution in [1.82, 2.24) is 5.32 Å². The lowest BCUT2D eigenvalue weighted by Gasteiger charge is -2.05. The number of rotatable bonds is 3. The summed E-state index contributed by atoms with van der Waals surface area (Å²) in [6.07, 6.45) is 3.57. The molecule has 1 aromatic heterocycles. The van der Waals surface area contributed by atoms with Gasteiger partial charge in [0.1, 0.15) is 0 Å². The first-order chi connectivity index (χ1) is 5.20. The number of hydrogen-bond donors (Lipinski definition) is 1. The molecule has 1 aromatic rings. The maximum absolute atomic E-state index is 5.04. The van der Waals surface area contributed by atoms with Crippen molar-refractivity contribution in [2.75, 3.05) is 0 Å². The Labute approximate surface area is 67.6 Å². The summed E-state index contributed by atoms with van der Waals surface area (Å²) in [7, 11) is 0. The predicted molar refractivity (Wildman–Crippen MR) is 45.4 cm³/mol. The molecule has 0 spiro atoms. The molecular weight excluding hydrogens is 138 g/mol. The molecule has 11 heavy (non-hydrogen) atoms. The van der Waals surface area contributed by atoms with E-state index in [4.69, 9.17) is 4.42 Å². The minimum Gasteiger partial charge on any atom is -0.472 e. The smallest absolute Gasteiger partial charge is 0.0950 e.